The monoisotopic (exact) mass is 397 g/mol. The van der Waals surface area contributed by atoms with Crippen molar-refractivity contribution in [3.63, 3.8) is 0 Å². The van der Waals surface area contributed by atoms with Gasteiger partial charge in [0.2, 0.25) is 0 Å². The van der Waals surface area contributed by atoms with Crippen molar-refractivity contribution in [3.05, 3.63) is 46.5 Å². The lowest BCUT2D eigenvalue weighted by Gasteiger charge is -2.26. The molecule has 1 amide bonds. The number of amides is 1. The van der Waals surface area contributed by atoms with Crippen LogP contribution in [0.5, 0.6) is 11.5 Å². The maximum atomic E-state index is 11.4. The molecule has 0 radical (unpaired) electrons. The molecule has 3 rings (SSSR count). The van der Waals surface area contributed by atoms with E-state index in [9.17, 15) is 4.79 Å². The number of benzene rings is 2. The van der Waals surface area contributed by atoms with E-state index < -0.39 is 6.09 Å². The van der Waals surface area contributed by atoms with E-state index in [1.807, 2.05) is 6.07 Å². The summed E-state index contributed by atoms with van der Waals surface area (Å²) in [5.41, 5.74) is 11.5. The van der Waals surface area contributed by atoms with Gasteiger partial charge in [0.1, 0.15) is 17.6 Å². The van der Waals surface area contributed by atoms with Gasteiger partial charge >= 0.3 is 6.09 Å². The lowest BCUT2D eigenvalue weighted by molar-refractivity contribution is 0.0391. The average molecular weight is 398 g/mol. The molecule has 0 aliphatic heterocycles. The van der Waals surface area contributed by atoms with Gasteiger partial charge in [-0.2, -0.15) is 0 Å². The quantitative estimate of drug-likeness (QED) is 0.700. The van der Waals surface area contributed by atoms with Gasteiger partial charge in [0.15, 0.2) is 0 Å². The highest BCUT2D eigenvalue weighted by Gasteiger charge is 2.42. The molecule has 1 unspecified atom stereocenters. The molecule has 0 saturated heterocycles. The molecule has 2 N–H and O–H groups in total. The summed E-state index contributed by atoms with van der Waals surface area (Å²) in [7, 11) is 1.66. The van der Waals surface area contributed by atoms with Crippen molar-refractivity contribution in [2.24, 2.45) is 11.1 Å². The van der Waals surface area contributed by atoms with E-state index in [1.165, 1.54) is 0 Å². The molecule has 5 heteroatoms. The van der Waals surface area contributed by atoms with Crippen LogP contribution < -0.4 is 15.2 Å². The molecule has 0 aromatic heterocycles. The molecular formula is C24H31NO4. The van der Waals surface area contributed by atoms with Gasteiger partial charge in [-0.25, -0.2) is 4.79 Å². The van der Waals surface area contributed by atoms with E-state index in [-0.39, 0.29) is 11.5 Å². The van der Waals surface area contributed by atoms with E-state index in [1.54, 1.807) is 7.11 Å². The average Bonchev–Trinajstić information content (AvgIpc) is 2.88. The minimum atomic E-state index is -0.757. The van der Waals surface area contributed by atoms with Crippen LogP contribution in [0.1, 0.15) is 55.5 Å². The highest BCUT2D eigenvalue weighted by molar-refractivity contribution is 5.75. The van der Waals surface area contributed by atoms with Crippen LogP contribution in [-0.4, -0.2) is 19.8 Å². The molecule has 0 heterocycles. The van der Waals surface area contributed by atoms with Crippen LogP contribution in [0.15, 0.2) is 24.3 Å². The number of nitrogens with two attached hydrogens (primary N) is 1. The van der Waals surface area contributed by atoms with Crippen molar-refractivity contribution in [2.75, 3.05) is 13.7 Å². The van der Waals surface area contributed by atoms with E-state index in [4.69, 9.17) is 19.9 Å². The first-order valence-electron chi connectivity index (χ1n) is 10.1. The number of primary amides is 1. The summed E-state index contributed by atoms with van der Waals surface area (Å²) in [5.74, 6) is 1.70. The summed E-state index contributed by atoms with van der Waals surface area (Å²) in [6.07, 6.45) is 0.635. The number of carbonyl (C=O) groups excluding carboxylic acids is 1. The molecule has 2 aromatic carbocycles. The molecule has 0 saturated carbocycles. The van der Waals surface area contributed by atoms with Gasteiger partial charge in [-0.15, -0.1) is 0 Å². The van der Waals surface area contributed by atoms with Crippen molar-refractivity contribution in [3.8, 4) is 22.6 Å². The van der Waals surface area contributed by atoms with Crippen LogP contribution in [0.4, 0.5) is 4.79 Å². The molecular weight excluding hydrogens is 366 g/mol. The largest absolute Gasteiger partial charge is 0.496 e. The molecule has 1 aliphatic rings. The number of hydrogen-bond donors (Lipinski definition) is 1. The SMILES string of the molecule is CCCOc1c(C)cc(-c2cc3c(cc2OC)C(OC(N)=O)C(C)(C)C3)cc1C. The zero-order valence-electron chi connectivity index (χ0n) is 18.2. The smallest absolute Gasteiger partial charge is 0.405 e. The van der Waals surface area contributed by atoms with E-state index >= 15 is 0 Å². The molecule has 1 aliphatic carbocycles. The van der Waals surface area contributed by atoms with Crippen molar-refractivity contribution < 1.29 is 19.0 Å². The standard InChI is InChI=1S/C24H31NO4/c1-7-8-28-21-14(2)9-16(10-15(21)3)18-11-17-13-24(4,5)22(29-23(25)26)19(17)12-20(18)27-6/h9-12,22H,7-8,13H2,1-6H3,(H2,25,26). The first kappa shape index (κ1) is 21.0. The van der Waals surface area contributed by atoms with Gasteiger partial charge in [0.05, 0.1) is 13.7 Å². The summed E-state index contributed by atoms with van der Waals surface area (Å²) < 4.78 is 17.1. The number of rotatable bonds is 6. The maximum absolute atomic E-state index is 11.4. The van der Waals surface area contributed by atoms with Crippen molar-refractivity contribution in [2.45, 2.75) is 53.6 Å². The zero-order chi connectivity index (χ0) is 21.3. The van der Waals surface area contributed by atoms with Crippen molar-refractivity contribution >= 4 is 6.09 Å². The van der Waals surface area contributed by atoms with Gasteiger partial charge in [-0.05, 0) is 78.8 Å². The second-order valence-corrected chi connectivity index (χ2v) is 8.52. The molecule has 0 bridgehead atoms. The predicted molar refractivity (Wildman–Crippen MR) is 115 cm³/mol. The maximum Gasteiger partial charge on any atom is 0.405 e. The Morgan fingerprint density at radius 3 is 2.38 bits per heavy atom. The lowest BCUT2D eigenvalue weighted by atomic mass is 9.87. The topological polar surface area (TPSA) is 70.8 Å². The summed E-state index contributed by atoms with van der Waals surface area (Å²) >= 11 is 0. The third-order valence-corrected chi connectivity index (χ3v) is 5.56. The van der Waals surface area contributed by atoms with E-state index in [0.717, 1.165) is 57.7 Å². The third kappa shape index (κ3) is 4.04. The van der Waals surface area contributed by atoms with Gasteiger partial charge in [0.25, 0.3) is 0 Å². The minimum absolute atomic E-state index is 0.231. The zero-order valence-corrected chi connectivity index (χ0v) is 18.2. The number of carbonyl (C=O) groups is 1. The number of fused-ring (bicyclic) bond motifs is 1. The van der Waals surface area contributed by atoms with Crippen LogP contribution >= 0.6 is 0 Å². The summed E-state index contributed by atoms with van der Waals surface area (Å²) in [6.45, 7) is 11.1. The highest BCUT2D eigenvalue weighted by Crippen LogP contribution is 2.50. The number of methoxy groups -OCH3 is 1. The van der Waals surface area contributed by atoms with Crippen LogP contribution in [0.25, 0.3) is 11.1 Å². The Kier molecular flexibility index (Phi) is 5.78. The fraction of sp³-hybridized carbons (Fsp3) is 0.458. The van der Waals surface area contributed by atoms with Crippen molar-refractivity contribution in [1.29, 1.82) is 0 Å². The van der Waals surface area contributed by atoms with Crippen LogP contribution in [0.2, 0.25) is 0 Å². The molecule has 2 aromatic rings. The fourth-order valence-electron chi connectivity index (χ4n) is 4.31. The second-order valence-electron chi connectivity index (χ2n) is 8.52. The Labute approximate surface area is 173 Å². The first-order chi connectivity index (χ1) is 13.7. The Balaban J connectivity index is 2.08. The Bertz CT molecular complexity index is 910. The third-order valence-electron chi connectivity index (χ3n) is 5.56. The molecule has 29 heavy (non-hydrogen) atoms. The Morgan fingerprint density at radius 1 is 1.17 bits per heavy atom. The van der Waals surface area contributed by atoms with Crippen molar-refractivity contribution in [1.82, 2.24) is 0 Å². The summed E-state index contributed by atoms with van der Waals surface area (Å²) in [4.78, 5) is 11.4. The fourth-order valence-corrected chi connectivity index (χ4v) is 4.31. The second kappa shape index (κ2) is 7.97. The van der Waals surface area contributed by atoms with Crippen LogP contribution in [-0.2, 0) is 11.2 Å². The van der Waals surface area contributed by atoms with Gasteiger partial charge < -0.3 is 19.9 Å². The van der Waals surface area contributed by atoms with Crippen LogP contribution in [0, 0.1) is 19.3 Å². The molecule has 0 spiro atoms. The molecule has 5 nitrogen and oxygen atoms in total. The Hall–Kier alpha value is -2.69. The number of hydrogen-bond acceptors (Lipinski definition) is 4. The summed E-state index contributed by atoms with van der Waals surface area (Å²) in [5, 5.41) is 0. The highest BCUT2D eigenvalue weighted by atomic mass is 16.6. The van der Waals surface area contributed by atoms with Gasteiger partial charge in [-0.3, -0.25) is 0 Å². The molecule has 0 fully saturated rings. The summed E-state index contributed by atoms with van der Waals surface area (Å²) in [6, 6.07) is 8.42. The molecule has 1 atom stereocenters. The van der Waals surface area contributed by atoms with E-state index in [0.29, 0.717) is 6.61 Å². The molecule has 156 valence electrons. The normalized spacial score (nSPS) is 17.0. The minimum Gasteiger partial charge on any atom is -0.496 e. The van der Waals surface area contributed by atoms with Crippen LogP contribution in [0.3, 0.4) is 0 Å². The van der Waals surface area contributed by atoms with Gasteiger partial charge in [-0.1, -0.05) is 20.8 Å². The first-order valence-corrected chi connectivity index (χ1v) is 10.1. The van der Waals surface area contributed by atoms with Gasteiger partial charge in [0, 0.05) is 11.0 Å². The lowest BCUT2D eigenvalue weighted by Crippen LogP contribution is -2.25. The van der Waals surface area contributed by atoms with E-state index in [2.05, 4.69) is 52.8 Å². The number of ether oxygens (including phenoxy) is 3. The Morgan fingerprint density at radius 2 is 1.83 bits per heavy atom. The number of aryl methyl sites for hydroxylation is 2. The predicted octanol–water partition coefficient (Wildman–Crippen LogP) is 5.49.